The molecule has 3 N–H and O–H groups in total. The maximum atomic E-state index is 13.5. The van der Waals surface area contributed by atoms with Gasteiger partial charge in [0.15, 0.2) is 5.78 Å². The van der Waals surface area contributed by atoms with Crippen LogP contribution in [0.15, 0.2) is 24.3 Å². The van der Waals surface area contributed by atoms with Gasteiger partial charge in [0, 0.05) is 34.0 Å². The Kier molecular flexibility index (Phi) is 3.39. The summed E-state index contributed by atoms with van der Waals surface area (Å²) in [5, 5.41) is 3.62. The summed E-state index contributed by atoms with van der Waals surface area (Å²) >= 11 is 0. The molecule has 1 aliphatic heterocycles. The first-order valence-electron chi connectivity index (χ1n) is 10.3. The fourth-order valence-corrected chi connectivity index (χ4v) is 6.76. The normalized spacial score (nSPS) is 38.1. The van der Waals surface area contributed by atoms with Gasteiger partial charge in [0.05, 0.1) is 0 Å². The summed E-state index contributed by atoms with van der Waals surface area (Å²) in [4.78, 5) is 13.5. The van der Waals surface area contributed by atoms with E-state index in [0.717, 1.165) is 60.4 Å². The van der Waals surface area contributed by atoms with Crippen LogP contribution in [-0.4, -0.2) is 11.3 Å². The lowest BCUT2D eigenvalue weighted by atomic mass is 9.48. The largest absolute Gasteiger partial charge is 0.399 e. The molecule has 1 aromatic carbocycles. The number of carbonyl (C=O) groups excluding carboxylic acids is 1. The molecule has 0 saturated heterocycles. The molecule has 4 bridgehead atoms. The van der Waals surface area contributed by atoms with Crippen molar-refractivity contribution in [3.8, 4) is 0 Å². The summed E-state index contributed by atoms with van der Waals surface area (Å²) in [6, 6.07) is 6.12. The molecule has 26 heavy (non-hydrogen) atoms. The molecular formula is C23H30N2O. The van der Waals surface area contributed by atoms with Crippen molar-refractivity contribution < 1.29 is 4.79 Å². The average molecular weight is 351 g/mol. The number of anilines is 1. The first-order valence-corrected chi connectivity index (χ1v) is 10.3. The number of nitrogens with one attached hydrogen (secondary N) is 1. The quantitative estimate of drug-likeness (QED) is 0.617. The molecule has 3 heteroatoms. The minimum absolute atomic E-state index is 0.0449. The lowest BCUT2D eigenvalue weighted by Crippen LogP contribution is -2.50. The van der Waals surface area contributed by atoms with Crippen LogP contribution in [0.3, 0.4) is 0 Å². The third-order valence-corrected chi connectivity index (χ3v) is 7.37. The fourth-order valence-electron chi connectivity index (χ4n) is 6.76. The number of benzene rings is 1. The Labute approximate surface area is 156 Å². The van der Waals surface area contributed by atoms with Crippen LogP contribution < -0.4 is 11.1 Å². The highest BCUT2D eigenvalue weighted by Gasteiger charge is 2.53. The third-order valence-electron chi connectivity index (χ3n) is 7.37. The predicted molar refractivity (Wildman–Crippen MR) is 105 cm³/mol. The zero-order chi connectivity index (χ0) is 18.1. The number of allylic oxidation sites excluding steroid dienone is 1. The minimum Gasteiger partial charge on any atom is -0.399 e. The average Bonchev–Trinajstić information content (AvgIpc) is 2.53. The number of nitrogen functional groups attached to an aromatic ring is 1. The Morgan fingerprint density at radius 3 is 2.35 bits per heavy atom. The highest BCUT2D eigenvalue weighted by Crippen LogP contribution is 2.60. The van der Waals surface area contributed by atoms with Gasteiger partial charge in [0.25, 0.3) is 0 Å². The molecule has 138 valence electrons. The number of nitrogens with two attached hydrogens (primary N) is 1. The number of rotatable bonds is 2. The van der Waals surface area contributed by atoms with E-state index >= 15 is 0 Å². The van der Waals surface area contributed by atoms with Gasteiger partial charge in [-0.05, 0) is 94.2 Å². The van der Waals surface area contributed by atoms with Crippen LogP contribution >= 0.6 is 0 Å². The molecule has 0 aromatic heterocycles. The van der Waals surface area contributed by atoms with Gasteiger partial charge in [-0.25, -0.2) is 0 Å². The molecule has 5 aliphatic rings. The van der Waals surface area contributed by atoms with Crippen molar-refractivity contribution in [2.75, 3.05) is 5.73 Å². The molecule has 4 aliphatic carbocycles. The summed E-state index contributed by atoms with van der Waals surface area (Å²) in [7, 11) is 0. The van der Waals surface area contributed by atoms with Gasteiger partial charge in [-0.3, -0.25) is 4.79 Å². The van der Waals surface area contributed by atoms with Gasteiger partial charge >= 0.3 is 0 Å². The standard InChI is InChI=1S/C23H30N2O/c1-22(2)13-17-3-4-18(24)8-19(17)20(25-22)9-21(26)23-10-14-5-15(11-23)7-16(6-14)12-23/h3-4,8-9,14-16,25H,5-7,10-13,24H2,1-2H3/b20-9-. The molecule has 6 rings (SSSR count). The molecule has 4 fully saturated rings. The monoisotopic (exact) mass is 350 g/mol. The number of fused-ring (bicyclic) bond motifs is 1. The summed E-state index contributed by atoms with van der Waals surface area (Å²) in [6.07, 6.45) is 10.4. The maximum Gasteiger partial charge on any atom is 0.163 e. The van der Waals surface area contributed by atoms with E-state index in [1.54, 1.807) is 0 Å². The van der Waals surface area contributed by atoms with Crippen LogP contribution in [0, 0.1) is 23.2 Å². The zero-order valence-electron chi connectivity index (χ0n) is 16.0. The topological polar surface area (TPSA) is 55.1 Å². The second kappa shape index (κ2) is 5.37. The Balaban J connectivity index is 1.52. The summed E-state index contributed by atoms with van der Waals surface area (Å²) < 4.78 is 0. The van der Waals surface area contributed by atoms with E-state index in [1.807, 2.05) is 18.2 Å². The molecule has 0 radical (unpaired) electrons. The SMILES string of the molecule is CC1(C)Cc2ccc(N)cc2/C(=C/C(=O)C23CC4CC(CC(C4)C2)C3)N1. The first-order chi connectivity index (χ1) is 12.3. The first kappa shape index (κ1) is 16.4. The van der Waals surface area contributed by atoms with E-state index < -0.39 is 0 Å². The minimum atomic E-state index is -0.0779. The van der Waals surface area contributed by atoms with Crippen LogP contribution in [0.2, 0.25) is 0 Å². The molecule has 4 saturated carbocycles. The van der Waals surface area contributed by atoms with Gasteiger partial charge in [0.1, 0.15) is 0 Å². The molecule has 1 heterocycles. The van der Waals surface area contributed by atoms with Gasteiger partial charge in [-0.1, -0.05) is 6.07 Å². The Morgan fingerprint density at radius 2 is 1.73 bits per heavy atom. The summed E-state index contributed by atoms with van der Waals surface area (Å²) in [6.45, 7) is 4.41. The van der Waals surface area contributed by atoms with E-state index in [0.29, 0.717) is 5.78 Å². The van der Waals surface area contributed by atoms with Crippen LogP contribution in [-0.2, 0) is 11.2 Å². The van der Waals surface area contributed by atoms with Gasteiger partial charge in [-0.2, -0.15) is 0 Å². The number of hydrogen-bond donors (Lipinski definition) is 2. The van der Waals surface area contributed by atoms with Crippen LogP contribution in [0.25, 0.3) is 5.70 Å². The number of hydrogen-bond acceptors (Lipinski definition) is 3. The summed E-state index contributed by atoms with van der Waals surface area (Å²) in [5.74, 6) is 2.75. The Morgan fingerprint density at radius 1 is 1.12 bits per heavy atom. The zero-order valence-corrected chi connectivity index (χ0v) is 16.0. The van der Waals surface area contributed by atoms with E-state index in [-0.39, 0.29) is 11.0 Å². The molecule has 3 nitrogen and oxygen atoms in total. The van der Waals surface area contributed by atoms with Crippen molar-refractivity contribution >= 4 is 17.2 Å². The molecule has 0 amide bonds. The smallest absolute Gasteiger partial charge is 0.163 e. The van der Waals surface area contributed by atoms with Gasteiger partial charge in [-0.15, -0.1) is 0 Å². The van der Waals surface area contributed by atoms with E-state index in [9.17, 15) is 4.79 Å². The van der Waals surface area contributed by atoms with Crippen molar-refractivity contribution in [1.29, 1.82) is 0 Å². The highest BCUT2D eigenvalue weighted by atomic mass is 16.1. The molecule has 1 aromatic rings. The molecule has 0 spiro atoms. The van der Waals surface area contributed by atoms with Gasteiger partial charge < -0.3 is 11.1 Å². The number of carbonyl (C=O) groups is 1. The third kappa shape index (κ3) is 2.59. The van der Waals surface area contributed by atoms with Crippen molar-refractivity contribution in [2.45, 2.75) is 64.3 Å². The van der Waals surface area contributed by atoms with Crippen LogP contribution in [0.5, 0.6) is 0 Å². The number of ketones is 1. The van der Waals surface area contributed by atoms with Crippen molar-refractivity contribution in [1.82, 2.24) is 5.32 Å². The van der Waals surface area contributed by atoms with E-state index in [1.165, 1.54) is 24.8 Å². The molecular weight excluding hydrogens is 320 g/mol. The lowest BCUT2D eigenvalue weighted by molar-refractivity contribution is -0.138. The fraction of sp³-hybridized carbons (Fsp3) is 0.609. The van der Waals surface area contributed by atoms with Crippen molar-refractivity contribution in [2.24, 2.45) is 23.2 Å². The summed E-state index contributed by atoms with van der Waals surface area (Å²) in [5.41, 5.74) is 10.1. The van der Waals surface area contributed by atoms with Crippen LogP contribution in [0.1, 0.15) is 63.5 Å². The van der Waals surface area contributed by atoms with Crippen molar-refractivity contribution in [3.05, 3.63) is 35.4 Å². The van der Waals surface area contributed by atoms with E-state index in [4.69, 9.17) is 5.73 Å². The molecule has 0 unspecified atom stereocenters. The second-order valence-corrected chi connectivity index (χ2v) is 10.2. The van der Waals surface area contributed by atoms with Gasteiger partial charge in [0.2, 0.25) is 0 Å². The lowest BCUT2D eigenvalue weighted by Gasteiger charge is -2.55. The Bertz CT molecular complexity index is 769. The van der Waals surface area contributed by atoms with Crippen LogP contribution in [0.4, 0.5) is 5.69 Å². The molecule has 0 atom stereocenters. The van der Waals surface area contributed by atoms with Crippen molar-refractivity contribution in [3.63, 3.8) is 0 Å². The highest BCUT2D eigenvalue weighted by molar-refractivity contribution is 6.01. The van der Waals surface area contributed by atoms with E-state index in [2.05, 4.69) is 25.2 Å². The maximum absolute atomic E-state index is 13.5. The Hall–Kier alpha value is -1.77. The second-order valence-electron chi connectivity index (χ2n) is 10.2. The predicted octanol–water partition coefficient (Wildman–Crippen LogP) is 4.32.